The summed E-state index contributed by atoms with van der Waals surface area (Å²) >= 11 is 5.73. The van der Waals surface area contributed by atoms with Gasteiger partial charge in [-0.2, -0.15) is 0 Å². The molecule has 0 aliphatic carbocycles. The Balaban J connectivity index is 2.14. The number of ether oxygens (including phenoxy) is 1. The van der Waals surface area contributed by atoms with E-state index in [1.54, 1.807) is 0 Å². The lowest BCUT2D eigenvalue weighted by molar-refractivity contribution is 0.0941. The fourth-order valence-corrected chi connectivity index (χ4v) is 4.34. The van der Waals surface area contributed by atoms with E-state index in [-0.39, 0.29) is 5.41 Å². The molecule has 0 saturated carbocycles. The average molecular weight is 317 g/mol. The lowest BCUT2D eigenvalue weighted by atomic mass is 9.95. The number of hydrogen-bond donors (Lipinski definition) is 0. The first-order valence-corrected chi connectivity index (χ1v) is 7.98. The first-order valence-electron chi connectivity index (χ1n) is 6.25. The van der Waals surface area contributed by atoms with Crippen LogP contribution >= 0.6 is 27.3 Å². The maximum Gasteiger partial charge on any atom is 0.0775 e. The molecule has 96 valence electrons. The van der Waals surface area contributed by atoms with E-state index < -0.39 is 0 Å². The lowest BCUT2D eigenvalue weighted by Gasteiger charge is -2.20. The minimum Gasteiger partial charge on any atom is -0.376 e. The normalized spacial score (nSPS) is 27.4. The van der Waals surface area contributed by atoms with Crippen molar-refractivity contribution in [2.45, 2.75) is 50.5 Å². The van der Waals surface area contributed by atoms with Crippen LogP contribution in [0.3, 0.4) is 0 Å². The largest absolute Gasteiger partial charge is 0.376 e. The number of alkyl halides is 1. The summed E-state index contributed by atoms with van der Waals surface area (Å²) in [6, 6.07) is 4.51. The van der Waals surface area contributed by atoms with Crippen molar-refractivity contribution in [2.75, 3.05) is 6.61 Å². The molecule has 0 spiro atoms. The van der Waals surface area contributed by atoms with Gasteiger partial charge in [-0.05, 0) is 29.9 Å². The Kier molecular flexibility index (Phi) is 4.01. The highest BCUT2D eigenvalue weighted by Gasteiger charge is 2.32. The van der Waals surface area contributed by atoms with Crippen LogP contribution in [0.2, 0.25) is 0 Å². The van der Waals surface area contributed by atoms with Crippen molar-refractivity contribution in [1.29, 1.82) is 0 Å². The van der Waals surface area contributed by atoms with Gasteiger partial charge in [0.15, 0.2) is 0 Å². The second kappa shape index (κ2) is 5.02. The lowest BCUT2D eigenvalue weighted by Crippen LogP contribution is -2.18. The second-order valence-corrected chi connectivity index (χ2v) is 8.06. The molecule has 3 unspecified atom stereocenters. The summed E-state index contributed by atoms with van der Waals surface area (Å²) in [6.45, 7) is 9.98. The molecule has 1 saturated heterocycles. The molecule has 0 N–H and O–H groups in total. The van der Waals surface area contributed by atoms with Crippen molar-refractivity contribution in [3.05, 3.63) is 21.9 Å². The molecule has 1 aliphatic rings. The van der Waals surface area contributed by atoms with E-state index in [4.69, 9.17) is 4.74 Å². The van der Waals surface area contributed by atoms with Gasteiger partial charge in [-0.15, -0.1) is 11.3 Å². The highest BCUT2D eigenvalue weighted by molar-refractivity contribution is 9.09. The predicted octanol–water partition coefficient (Wildman–Crippen LogP) is 4.91. The molecule has 1 aromatic heterocycles. The van der Waals surface area contributed by atoms with E-state index in [0.29, 0.717) is 16.8 Å². The topological polar surface area (TPSA) is 9.23 Å². The minimum atomic E-state index is 0.248. The molecule has 1 nitrogen and oxygen atoms in total. The van der Waals surface area contributed by atoms with Gasteiger partial charge in [0.2, 0.25) is 0 Å². The molecular weight excluding hydrogens is 296 g/mol. The van der Waals surface area contributed by atoms with Crippen LogP contribution in [0.25, 0.3) is 0 Å². The first-order chi connectivity index (χ1) is 7.89. The van der Waals surface area contributed by atoms with Gasteiger partial charge in [-0.25, -0.2) is 0 Å². The van der Waals surface area contributed by atoms with Gasteiger partial charge in [0.1, 0.15) is 0 Å². The third kappa shape index (κ3) is 2.94. The Morgan fingerprint density at radius 1 is 1.41 bits per heavy atom. The van der Waals surface area contributed by atoms with Crippen LogP contribution in [-0.2, 0) is 10.2 Å². The molecule has 1 aromatic rings. The van der Waals surface area contributed by atoms with Gasteiger partial charge in [0.25, 0.3) is 0 Å². The van der Waals surface area contributed by atoms with E-state index in [2.05, 4.69) is 55.8 Å². The molecule has 0 bridgehead atoms. The summed E-state index contributed by atoms with van der Waals surface area (Å²) in [5.41, 5.74) is 0.248. The fraction of sp³-hybridized carbons (Fsp3) is 0.714. The van der Waals surface area contributed by atoms with Crippen molar-refractivity contribution in [3.8, 4) is 0 Å². The second-order valence-electron chi connectivity index (χ2n) is 5.96. The van der Waals surface area contributed by atoms with Gasteiger partial charge in [-0.3, -0.25) is 0 Å². The molecular formula is C14H21BrOS. The predicted molar refractivity (Wildman–Crippen MR) is 78.2 cm³/mol. The van der Waals surface area contributed by atoms with Crippen LogP contribution in [0.5, 0.6) is 0 Å². The van der Waals surface area contributed by atoms with E-state index >= 15 is 0 Å². The van der Waals surface area contributed by atoms with E-state index in [9.17, 15) is 0 Å². The van der Waals surface area contributed by atoms with Gasteiger partial charge in [-0.1, -0.05) is 43.6 Å². The highest BCUT2D eigenvalue weighted by atomic mass is 79.9. The zero-order chi connectivity index (χ0) is 12.6. The molecule has 3 atom stereocenters. The Labute approximate surface area is 117 Å². The third-order valence-electron chi connectivity index (χ3n) is 3.37. The fourth-order valence-electron chi connectivity index (χ4n) is 2.16. The van der Waals surface area contributed by atoms with Crippen LogP contribution in [-0.4, -0.2) is 12.7 Å². The quantitative estimate of drug-likeness (QED) is 0.705. The van der Waals surface area contributed by atoms with Crippen molar-refractivity contribution in [3.63, 3.8) is 0 Å². The summed E-state index contributed by atoms with van der Waals surface area (Å²) in [5.74, 6) is 0.652. The first kappa shape index (κ1) is 13.6. The molecule has 0 aromatic carbocycles. The Hall–Kier alpha value is 0.140. The summed E-state index contributed by atoms with van der Waals surface area (Å²) in [7, 11) is 0. The third-order valence-corrected chi connectivity index (χ3v) is 6.28. The summed E-state index contributed by atoms with van der Waals surface area (Å²) in [4.78, 5) is 3.19. The summed E-state index contributed by atoms with van der Waals surface area (Å²) in [5, 5.41) is 0. The average Bonchev–Trinajstić information content (AvgIpc) is 2.83. The van der Waals surface area contributed by atoms with Crippen LogP contribution < -0.4 is 0 Å². The van der Waals surface area contributed by atoms with Crippen LogP contribution in [0.4, 0.5) is 0 Å². The minimum absolute atomic E-state index is 0.248. The van der Waals surface area contributed by atoms with Crippen molar-refractivity contribution >= 4 is 27.3 Å². The Morgan fingerprint density at radius 2 is 2.12 bits per heavy atom. The van der Waals surface area contributed by atoms with Gasteiger partial charge < -0.3 is 4.74 Å². The molecule has 1 fully saturated rings. The molecule has 0 amide bonds. The van der Waals surface area contributed by atoms with Crippen molar-refractivity contribution in [2.24, 2.45) is 5.92 Å². The maximum atomic E-state index is 5.84. The van der Waals surface area contributed by atoms with Gasteiger partial charge >= 0.3 is 0 Å². The SMILES string of the molecule is CC1CCOC1C(Br)c1ccc(C(C)(C)C)s1. The van der Waals surface area contributed by atoms with E-state index in [0.717, 1.165) is 6.61 Å². The van der Waals surface area contributed by atoms with E-state index in [1.165, 1.54) is 16.2 Å². The van der Waals surface area contributed by atoms with Crippen LogP contribution in [0.1, 0.15) is 48.7 Å². The zero-order valence-corrected chi connectivity index (χ0v) is 13.4. The number of halogens is 1. The molecule has 0 radical (unpaired) electrons. The van der Waals surface area contributed by atoms with Crippen molar-refractivity contribution in [1.82, 2.24) is 0 Å². The molecule has 2 rings (SSSR count). The van der Waals surface area contributed by atoms with Crippen molar-refractivity contribution < 1.29 is 4.74 Å². The maximum absolute atomic E-state index is 5.84. The zero-order valence-electron chi connectivity index (χ0n) is 11.0. The molecule has 2 heterocycles. The Morgan fingerprint density at radius 3 is 2.59 bits per heavy atom. The van der Waals surface area contributed by atoms with Crippen LogP contribution in [0, 0.1) is 5.92 Å². The molecule has 1 aliphatic heterocycles. The summed E-state index contributed by atoms with van der Waals surface area (Å²) in [6.07, 6.45) is 1.52. The van der Waals surface area contributed by atoms with Gasteiger partial charge in [0.05, 0.1) is 10.9 Å². The van der Waals surface area contributed by atoms with Crippen LogP contribution in [0.15, 0.2) is 12.1 Å². The molecule has 17 heavy (non-hydrogen) atoms. The van der Waals surface area contributed by atoms with Gasteiger partial charge in [0, 0.05) is 16.4 Å². The number of hydrogen-bond acceptors (Lipinski definition) is 2. The highest BCUT2D eigenvalue weighted by Crippen LogP contribution is 2.41. The Bertz CT molecular complexity index is 380. The van der Waals surface area contributed by atoms with E-state index in [1.807, 2.05) is 11.3 Å². The monoisotopic (exact) mass is 316 g/mol. The molecule has 3 heteroatoms. The standard InChI is InChI=1S/C14H21BrOS/c1-9-7-8-16-13(9)12(15)10-5-6-11(17-10)14(2,3)4/h5-6,9,12-13H,7-8H2,1-4H3. The smallest absolute Gasteiger partial charge is 0.0775 e. The number of thiophene rings is 1. The number of rotatable bonds is 2. The summed E-state index contributed by atoms with van der Waals surface area (Å²) < 4.78 is 5.84.